The van der Waals surface area contributed by atoms with Crippen LogP contribution in [-0.2, 0) is 11.3 Å². The van der Waals surface area contributed by atoms with Crippen LogP contribution >= 0.6 is 11.8 Å². The van der Waals surface area contributed by atoms with E-state index in [-0.39, 0.29) is 5.91 Å². The van der Waals surface area contributed by atoms with Gasteiger partial charge in [0.2, 0.25) is 5.91 Å². The van der Waals surface area contributed by atoms with E-state index in [2.05, 4.69) is 10.2 Å². The van der Waals surface area contributed by atoms with Crippen molar-refractivity contribution in [1.29, 1.82) is 0 Å². The van der Waals surface area contributed by atoms with Crippen molar-refractivity contribution in [2.75, 3.05) is 33.1 Å². The second-order valence-electron chi connectivity index (χ2n) is 6.00. The van der Waals surface area contributed by atoms with E-state index in [0.29, 0.717) is 17.3 Å². The van der Waals surface area contributed by atoms with Crippen LogP contribution in [0.25, 0.3) is 11.4 Å². The van der Waals surface area contributed by atoms with Gasteiger partial charge in [-0.1, -0.05) is 11.8 Å². The number of ether oxygens (including phenoxy) is 2. The van der Waals surface area contributed by atoms with Crippen molar-refractivity contribution < 1.29 is 14.3 Å². The van der Waals surface area contributed by atoms with Crippen molar-refractivity contribution in [3.8, 4) is 22.9 Å². The maximum atomic E-state index is 12.3. The first-order chi connectivity index (χ1) is 12.7. The zero-order chi connectivity index (χ0) is 18.5. The third kappa shape index (κ3) is 3.80. The Morgan fingerprint density at radius 2 is 1.88 bits per heavy atom. The summed E-state index contributed by atoms with van der Waals surface area (Å²) < 4.78 is 12.7. The van der Waals surface area contributed by atoms with Gasteiger partial charge in [0.1, 0.15) is 0 Å². The number of thioether (sulfide) groups is 1. The number of nitrogens with zero attached hydrogens (tertiary/aromatic N) is 4. The molecule has 140 valence electrons. The summed E-state index contributed by atoms with van der Waals surface area (Å²) in [5.74, 6) is 2.64. The molecule has 0 atom stereocenters. The fourth-order valence-corrected chi connectivity index (χ4v) is 3.96. The fourth-order valence-electron chi connectivity index (χ4n) is 3.05. The highest BCUT2D eigenvalue weighted by atomic mass is 32.2. The lowest BCUT2D eigenvalue weighted by Gasteiger charge is -2.14. The summed E-state index contributed by atoms with van der Waals surface area (Å²) in [5.41, 5.74) is 0.898. The van der Waals surface area contributed by atoms with E-state index in [9.17, 15) is 4.79 Å². The topological polar surface area (TPSA) is 69.5 Å². The number of hydrogen-bond donors (Lipinski definition) is 0. The Bertz CT molecular complexity index is 772. The van der Waals surface area contributed by atoms with Crippen molar-refractivity contribution in [2.24, 2.45) is 0 Å². The molecular formula is C18H24N4O3S. The Morgan fingerprint density at radius 3 is 2.54 bits per heavy atom. The summed E-state index contributed by atoms with van der Waals surface area (Å²) in [6, 6.07) is 5.67. The molecular weight excluding hydrogens is 352 g/mol. The average Bonchev–Trinajstić information content (AvgIpc) is 3.35. The minimum Gasteiger partial charge on any atom is -0.493 e. The summed E-state index contributed by atoms with van der Waals surface area (Å²) in [5, 5.41) is 9.38. The molecule has 3 rings (SSSR count). The number of aromatic nitrogens is 3. The van der Waals surface area contributed by atoms with Crippen LogP contribution in [0.1, 0.15) is 19.8 Å². The Balaban J connectivity index is 1.78. The number of amides is 1. The highest BCUT2D eigenvalue weighted by Crippen LogP contribution is 2.32. The van der Waals surface area contributed by atoms with Gasteiger partial charge in [-0.25, -0.2) is 0 Å². The Morgan fingerprint density at radius 1 is 1.15 bits per heavy atom. The number of carbonyl (C=O) groups is 1. The van der Waals surface area contributed by atoms with Crippen LogP contribution in [0.15, 0.2) is 23.4 Å². The molecule has 8 heteroatoms. The second-order valence-corrected chi connectivity index (χ2v) is 6.94. The summed E-state index contributed by atoms with van der Waals surface area (Å²) >= 11 is 1.44. The molecule has 0 unspecified atom stereocenters. The molecule has 0 saturated carbocycles. The molecule has 2 aromatic rings. The average molecular weight is 376 g/mol. The van der Waals surface area contributed by atoms with E-state index in [0.717, 1.165) is 49.0 Å². The molecule has 1 aromatic carbocycles. The molecule has 1 aliphatic rings. The van der Waals surface area contributed by atoms with Gasteiger partial charge >= 0.3 is 0 Å². The van der Waals surface area contributed by atoms with Crippen molar-refractivity contribution in [2.45, 2.75) is 31.5 Å². The van der Waals surface area contributed by atoms with Crippen LogP contribution in [0, 0.1) is 0 Å². The molecule has 2 heterocycles. The first-order valence-electron chi connectivity index (χ1n) is 8.74. The van der Waals surface area contributed by atoms with Gasteiger partial charge in [0.05, 0.1) is 20.0 Å². The molecule has 0 radical (unpaired) electrons. The molecule has 26 heavy (non-hydrogen) atoms. The highest BCUT2D eigenvalue weighted by Gasteiger charge is 2.20. The zero-order valence-electron chi connectivity index (χ0n) is 15.4. The van der Waals surface area contributed by atoms with Crippen LogP contribution in [-0.4, -0.2) is 58.6 Å². The fraction of sp³-hybridized carbons (Fsp3) is 0.500. The smallest absolute Gasteiger partial charge is 0.233 e. The number of hydrogen-bond acceptors (Lipinski definition) is 6. The monoisotopic (exact) mass is 376 g/mol. The van der Waals surface area contributed by atoms with E-state index < -0.39 is 0 Å². The molecule has 0 bridgehead atoms. The van der Waals surface area contributed by atoms with Gasteiger partial charge in [-0.2, -0.15) is 0 Å². The van der Waals surface area contributed by atoms with E-state index >= 15 is 0 Å². The second kappa shape index (κ2) is 8.44. The summed E-state index contributed by atoms with van der Waals surface area (Å²) in [6.45, 7) is 4.50. The molecule has 1 amide bonds. The first-order valence-corrected chi connectivity index (χ1v) is 9.72. The summed E-state index contributed by atoms with van der Waals surface area (Å²) in [7, 11) is 3.22. The number of likely N-dealkylation sites (tertiary alicyclic amines) is 1. The number of methoxy groups -OCH3 is 2. The van der Waals surface area contributed by atoms with E-state index in [1.54, 1.807) is 14.2 Å². The van der Waals surface area contributed by atoms with Crippen molar-refractivity contribution in [1.82, 2.24) is 19.7 Å². The van der Waals surface area contributed by atoms with Crippen LogP contribution in [0.4, 0.5) is 0 Å². The van der Waals surface area contributed by atoms with Crippen LogP contribution in [0.3, 0.4) is 0 Å². The molecule has 1 fully saturated rings. The third-order valence-corrected chi connectivity index (χ3v) is 5.41. The van der Waals surface area contributed by atoms with E-state index in [1.807, 2.05) is 34.6 Å². The largest absolute Gasteiger partial charge is 0.493 e. The SMILES string of the molecule is CCn1c(SCC(=O)N2CCCC2)nnc1-c1ccc(OC)c(OC)c1. The third-order valence-electron chi connectivity index (χ3n) is 4.46. The predicted octanol–water partition coefficient (Wildman–Crippen LogP) is 2.70. The van der Waals surface area contributed by atoms with Gasteiger partial charge in [0.15, 0.2) is 22.5 Å². The van der Waals surface area contributed by atoms with Gasteiger partial charge in [-0.3, -0.25) is 4.79 Å². The van der Waals surface area contributed by atoms with Crippen molar-refractivity contribution >= 4 is 17.7 Å². The predicted molar refractivity (Wildman–Crippen MR) is 101 cm³/mol. The lowest BCUT2D eigenvalue weighted by Crippen LogP contribution is -2.29. The molecule has 0 spiro atoms. The van der Waals surface area contributed by atoms with E-state index in [1.165, 1.54) is 11.8 Å². The Hall–Kier alpha value is -2.22. The van der Waals surface area contributed by atoms with Gasteiger partial charge in [-0.05, 0) is 38.0 Å². The Labute approximate surface area is 157 Å². The van der Waals surface area contributed by atoms with Crippen molar-refractivity contribution in [3.05, 3.63) is 18.2 Å². The number of rotatable bonds is 7. The molecule has 7 nitrogen and oxygen atoms in total. The molecule has 0 aliphatic carbocycles. The molecule has 1 saturated heterocycles. The zero-order valence-corrected chi connectivity index (χ0v) is 16.2. The minimum atomic E-state index is 0.172. The minimum absolute atomic E-state index is 0.172. The van der Waals surface area contributed by atoms with Crippen LogP contribution in [0.2, 0.25) is 0 Å². The Kier molecular flexibility index (Phi) is 6.03. The molecule has 1 aliphatic heterocycles. The van der Waals surface area contributed by atoms with Gasteiger partial charge in [0.25, 0.3) is 0 Å². The maximum Gasteiger partial charge on any atom is 0.233 e. The normalized spacial score (nSPS) is 13.9. The summed E-state index contributed by atoms with van der Waals surface area (Å²) in [4.78, 5) is 14.2. The van der Waals surface area contributed by atoms with Crippen LogP contribution < -0.4 is 9.47 Å². The summed E-state index contributed by atoms with van der Waals surface area (Å²) in [6.07, 6.45) is 2.20. The quantitative estimate of drug-likeness (QED) is 0.692. The first kappa shape index (κ1) is 18.6. The van der Waals surface area contributed by atoms with Crippen molar-refractivity contribution in [3.63, 3.8) is 0 Å². The van der Waals surface area contributed by atoms with Gasteiger partial charge in [0, 0.05) is 25.2 Å². The molecule has 0 N–H and O–H groups in total. The number of carbonyl (C=O) groups excluding carboxylic acids is 1. The van der Waals surface area contributed by atoms with E-state index in [4.69, 9.17) is 9.47 Å². The standard InChI is InChI=1S/C18H24N4O3S/c1-4-22-17(13-7-8-14(24-2)15(11-13)25-3)19-20-18(22)26-12-16(23)21-9-5-6-10-21/h7-8,11H,4-6,9-10,12H2,1-3H3. The molecule has 1 aromatic heterocycles. The highest BCUT2D eigenvalue weighted by molar-refractivity contribution is 7.99. The van der Waals surface area contributed by atoms with Gasteiger partial charge < -0.3 is 18.9 Å². The lowest BCUT2D eigenvalue weighted by atomic mass is 10.2. The van der Waals surface area contributed by atoms with Gasteiger partial charge in [-0.15, -0.1) is 10.2 Å². The van der Waals surface area contributed by atoms with Crippen LogP contribution in [0.5, 0.6) is 11.5 Å². The maximum absolute atomic E-state index is 12.3. The number of benzene rings is 1. The lowest BCUT2D eigenvalue weighted by molar-refractivity contribution is -0.127.